The first-order valence-electron chi connectivity index (χ1n) is 5.36. The maximum Gasteiger partial charge on any atom is 0.280 e. The Morgan fingerprint density at radius 2 is 1.61 bits per heavy atom. The van der Waals surface area contributed by atoms with Gasteiger partial charge in [0.25, 0.3) is 17.7 Å². The number of carbonyl (C=O) groups excluding carboxylic acids is 3. The summed E-state index contributed by atoms with van der Waals surface area (Å²) in [6, 6.07) is 6.48. The Bertz CT molecular complexity index is 542. The molecule has 0 fully saturated rings. The number of likely N-dealkylation sites (N-methyl/N-ethyl adjacent to an activating group) is 1. The lowest BCUT2D eigenvalue weighted by atomic mass is 10.1. The number of hydrogen-bond donors (Lipinski definition) is 0. The molecule has 0 spiro atoms. The minimum atomic E-state index is -0.493. The van der Waals surface area contributed by atoms with Crippen molar-refractivity contribution in [3.05, 3.63) is 47.5 Å². The van der Waals surface area contributed by atoms with Crippen LogP contribution in [0.3, 0.4) is 0 Å². The molecular weight excluding hydrogens is 232 g/mol. The van der Waals surface area contributed by atoms with Gasteiger partial charge in [-0.1, -0.05) is 18.7 Å². The molecule has 0 saturated heterocycles. The van der Waals surface area contributed by atoms with E-state index in [-0.39, 0.29) is 5.57 Å². The minimum absolute atomic E-state index is 0.258. The van der Waals surface area contributed by atoms with E-state index in [0.717, 1.165) is 10.0 Å². The Balaban J connectivity index is 2.40. The van der Waals surface area contributed by atoms with Crippen molar-refractivity contribution in [2.24, 2.45) is 0 Å². The fourth-order valence-corrected chi connectivity index (χ4v) is 1.82. The predicted molar refractivity (Wildman–Crippen MR) is 64.5 cm³/mol. The highest BCUT2D eigenvalue weighted by molar-refractivity contribution is 6.21. The number of imide groups is 1. The Hall–Kier alpha value is -2.43. The molecule has 92 valence electrons. The Morgan fingerprint density at radius 3 is 2.00 bits per heavy atom. The van der Waals surface area contributed by atoms with E-state index in [9.17, 15) is 14.4 Å². The molecule has 1 aliphatic rings. The fourth-order valence-electron chi connectivity index (χ4n) is 1.82. The normalized spacial score (nSPS) is 13.6. The van der Waals surface area contributed by atoms with Crippen molar-refractivity contribution in [2.45, 2.75) is 6.92 Å². The topological polar surface area (TPSA) is 57.7 Å². The number of hydrazine groups is 1. The number of fused-ring (bicyclic) bond motifs is 1. The summed E-state index contributed by atoms with van der Waals surface area (Å²) in [6.07, 6.45) is 0. The number of benzene rings is 1. The van der Waals surface area contributed by atoms with Crippen LogP contribution in [0.5, 0.6) is 0 Å². The van der Waals surface area contributed by atoms with Crippen LogP contribution in [0.1, 0.15) is 27.6 Å². The zero-order valence-corrected chi connectivity index (χ0v) is 10.1. The molecule has 2 rings (SSSR count). The van der Waals surface area contributed by atoms with Crippen LogP contribution in [0, 0.1) is 0 Å². The molecule has 18 heavy (non-hydrogen) atoms. The molecule has 0 atom stereocenters. The van der Waals surface area contributed by atoms with Gasteiger partial charge in [-0.05, 0) is 19.1 Å². The quantitative estimate of drug-likeness (QED) is 0.580. The van der Waals surface area contributed by atoms with E-state index in [1.807, 2.05) is 0 Å². The van der Waals surface area contributed by atoms with E-state index < -0.39 is 17.7 Å². The van der Waals surface area contributed by atoms with Gasteiger partial charge in [-0.3, -0.25) is 14.4 Å². The molecule has 0 N–H and O–H groups in total. The van der Waals surface area contributed by atoms with Crippen molar-refractivity contribution in [3.63, 3.8) is 0 Å². The molecule has 5 nitrogen and oxygen atoms in total. The number of hydrogen-bond acceptors (Lipinski definition) is 3. The predicted octanol–water partition coefficient (Wildman–Crippen LogP) is 1.23. The summed E-state index contributed by atoms with van der Waals surface area (Å²) in [6.45, 7) is 5.03. The summed E-state index contributed by atoms with van der Waals surface area (Å²) in [5.74, 6) is -1.45. The summed E-state index contributed by atoms with van der Waals surface area (Å²) in [5, 5.41) is 1.83. The lowest BCUT2D eigenvalue weighted by molar-refractivity contribution is -0.134. The largest absolute Gasteiger partial charge is 0.280 e. The third-order valence-corrected chi connectivity index (χ3v) is 2.73. The second kappa shape index (κ2) is 4.10. The highest BCUT2D eigenvalue weighted by Crippen LogP contribution is 2.23. The highest BCUT2D eigenvalue weighted by atomic mass is 16.2. The molecule has 1 aromatic rings. The van der Waals surface area contributed by atoms with Crippen molar-refractivity contribution in [1.82, 2.24) is 10.0 Å². The summed E-state index contributed by atoms with van der Waals surface area (Å²) >= 11 is 0. The van der Waals surface area contributed by atoms with Gasteiger partial charge in [-0.2, -0.15) is 5.01 Å². The Morgan fingerprint density at radius 1 is 1.17 bits per heavy atom. The molecule has 0 saturated carbocycles. The number of nitrogens with zero attached hydrogens (tertiary/aromatic N) is 2. The van der Waals surface area contributed by atoms with Crippen molar-refractivity contribution in [2.75, 3.05) is 7.05 Å². The van der Waals surface area contributed by atoms with Gasteiger partial charge in [-0.25, -0.2) is 5.01 Å². The number of amides is 3. The summed E-state index contributed by atoms with van der Waals surface area (Å²) in [7, 11) is 1.37. The van der Waals surface area contributed by atoms with Crippen molar-refractivity contribution >= 4 is 17.7 Å². The smallest absolute Gasteiger partial charge is 0.268 e. The van der Waals surface area contributed by atoms with E-state index in [4.69, 9.17) is 0 Å². The van der Waals surface area contributed by atoms with Gasteiger partial charge in [0.15, 0.2) is 0 Å². The van der Waals surface area contributed by atoms with E-state index >= 15 is 0 Å². The minimum Gasteiger partial charge on any atom is -0.268 e. The van der Waals surface area contributed by atoms with E-state index in [2.05, 4.69) is 6.58 Å². The maximum absolute atomic E-state index is 12.1. The molecular formula is C13H12N2O3. The van der Waals surface area contributed by atoms with Crippen LogP contribution in [0.4, 0.5) is 0 Å². The molecule has 1 aromatic carbocycles. The van der Waals surface area contributed by atoms with Crippen LogP contribution >= 0.6 is 0 Å². The zero-order valence-electron chi connectivity index (χ0n) is 10.1. The van der Waals surface area contributed by atoms with Crippen molar-refractivity contribution < 1.29 is 14.4 Å². The van der Waals surface area contributed by atoms with E-state index in [1.54, 1.807) is 24.3 Å². The van der Waals surface area contributed by atoms with E-state index in [1.165, 1.54) is 14.0 Å². The lowest BCUT2D eigenvalue weighted by Crippen LogP contribution is -2.47. The first-order chi connectivity index (χ1) is 8.45. The molecule has 1 heterocycles. The molecule has 5 heteroatoms. The van der Waals surface area contributed by atoms with Gasteiger partial charge < -0.3 is 0 Å². The van der Waals surface area contributed by atoms with Crippen LogP contribution in [-0.4, -0.2) is 34.8 Å². The second-order valence-electron chi connectivity index (χ2n) is 4.08. The molecule has 0 aromatic heterocycles. The summed E-state index contributed by atoms with van der Waals surface area (Å²) in [5.41, 5.74) is 0.877. The van der Waals surface area contributed by atoms with Gasteiger partial charge in [0.05, 0.1) is 11.1 Å². The highest BCUT2D eigenvalue weighted by Gasteiger charge is 2.39. The molecule has 3 amide bonds. The third-order valence-electron chi connectivity index (χ3n) is 2.73. The molecule has 0 unspecified atom stereocenters. The Kier molecular flexibility index (Phi) is 2.74. The van der Waals surface area contributed by atoms with Crippen molar-refractivity contribution in [1.29, 1.82) is 0 Å². The monoisotopic (exact) mass is 244 g/mol. The van der Waals surface area contributed by atoms with Crippen LogP contribution in [0.15, 0.2) is 36.4 Å². The lowest BCUT2D eigenvalue weighted by Gasteiger charge is -2.25. The Labute approximate surface area is 104 Å². The number of rotatable bonds is 2. The standard InChI is InChI=1S/C13H12N2O3/c1-8(2)11(16)14(3)15-12(17)9-6-4-5-7-10(9)13(15)18/h4-7H,1H2,2-3H3. The van der Waals surface area contributed by atoms with Gasteiger partial charge in [0, 0.05) is 12.6 Å². The van der Waals surface area contributed by atoms with Crippen LogP contribution < -0.4 is 0 Å². The summed E-state index contributed by atoms with van der Waals surface area (Å²) < 4.78 is 0. The average molecular weight is 244 g/mol. The SMILES string of the molecule is C=C(C)C(=O)N(C)N1C(=O)c2ccccc2C1=O. The summed E-state index contributed by atoms with van der Waals surface area (Å²) in [4.78, 5) is 35.9. The number of carbonyl (C=O) groups is 3. The van der Waals surface area contributed by atoms with E-state index in [0.29, 0.717) is 11.1 Å². The van der Waals surface area contributed by atoms with Gasteiger partial charge in [-0.15, -0.1) is 0 Å². The average Bonchev–Trinajstić information content (AvgIpc) is 2.61. The van der Waals surface area contributed by atoms with Crippen molar-refractivity contribution in [3.8, 4) is 0 Å². The molecule has 0 radical (unpaired) electrons. The van der Waals surface area contributed by atoms with Crippen LogP contribution in [-0.2, 0) is 4.79 Å². The van der Waals surface area contributed by atoms with Gasteiger partial charge in [0.1, 0.15) is 0 Å². The van der Waals surface area contributed by atoms with Crippen LogP contribution in [0.2, 0.25) is 0 Å². The first kappa shape index (κ1) is 12.0. The molecule has 1 aliphatic heterocycles. The zero-order chi connectivity index (χ0) is 13.4. The van der Waals surface area contributed by atoms with Gasteiger partial charge in [0.2, 0.25) is 0 Å². The van der Waals surface area contributed by atoms with Gasteiger partial charge >= 0.3 is 0 Å². The first-order valence-corrected chi connectivity index (χ1v) is 5.36. The molecule has 0 aliphatic carbocycles. The second-order valence-corrected chi connectivity index (χ2v) is 4.08. The maximum atomic E-state index is 12.1. The third kappa shape index (κ3) is 1.60. The van der Waals surface area contributed by atoms with Crippen LogP contribution in [0.25, 0.3) is 0 Å². The fraction of sp³-hybridized carbons (Fsp3) is 0.154. The molecule has 0 bridgehead atoms.